The molecule has 1 aliphatic rings. The van der Waals surface area contributed by atoms with Crippen molar-refractivity contribution in [2.45, 2.75) is 32.4 Å². The number of likely N-dealkylation sites (tertiary alicyclic amines) is 1. The van der Waals surface area contributed by atoms with Crippen LogP contribution in [0.3, 0.4) is 0 Å². The van der Waals surface area contributed by atoms with Gasteiger partial charge in [-0.15, -0.1) is 0 Å². The van der Waals surface area contributed by atoms with E-state index in [0.29, 0.717) is 36.2 Å². The highest BCUT2D eigenvalue weighted by Crippen LogP contribution is 2.20. The van der Waals surface area contributed by atoms with E-state index in [1.807, 2.05) is 41.0 Å². The van der Waals surface area contributed by atoms with E-state index in [2.05, 4.69) is 15.2 Å². The molecule has 8 heteroatoms. The van der Waals surface area contributed by atoms with Crippen molar-refractivity contribution in [1.82, 2.24) is 24.3 Å². The molecule has 4 rings (SSSR count). The maximum Gasteiger partial charge on any atom is 0.271 e. The van der Waals surface area contributed by atoms with E-state index in [-0.39, 0.29) is 11.5 Å². The largest absolute Gasteiger partial charge is 0.349 e. The summed E-state index contributed by atoms with van der Waals surface area (Å²) in [5, 5.41) is 3.00. The van der Waals surface area contributed by atoms with Gasteiger partial charge in [0.15, 0.2) is 0 Å². The lowest BCUT2D eigenvalue weighted by molar-refractivity contribution is 0.0941. The summed E-state index contributed by atoms with van der Waals surface area (Å²) in [7, 11) is 1.73. The number of aromatic nitrogens is 3. The Morgan fingerprint density at radius 1 is 1.18 bits per heavy atom. The number of amides is 1. The number of benzene rings is 1. The first-order chi connectivity index (χ1) is 15.9. The van der Waals surface area contributed by atoms with Crippen LogP contribution in [0.15, 0.2) is 53.6 Å². The minimum absolute atomic E-state index is 0.0449. The van der Waals surface area contributed by atoms with Gasteiger partial charge in [-0.05, 0) is 44.5 Å². The molecule has 0 radical (unpaired) electrons. The van der Waals surface area contributed by atoms with E-state index in [1.54, 1.807) is 30.9 Å². The number of hydrogen-bond acceptors (Lipinski definition) is 5. The van der Waals surface area contributed by atoms with Gasteiger partial charge in [-0.1, -0.05) is 30.3 Å². The van der Waals surface area contributed by atoms with Crippen molar-refractivity contribution in [2.75, 3.05) is 26.2 Å². The number of aryl methyl sites for hydroxylation is 2. The summed E-state index contributed by atoms with van der Waals surface area (Å²) in [4.78, 5) is 32.1. The first-order valence-corrected chi connectivity index (χ1v) is 11.5. The highest BCUT2D eigenvalue weighted by atomic mass is 16.2. The summed E-state index contributed by atoms with van der Waals surface area (Å²) in [5.74, 6) is 0.464. The predicted molar refractivity (Wildman–Crippen MR) is 129 cm³/mol. The average molecular weight is 449 g/mol. The number of piperidine rings is 1. The summed E-state index contributed by atoms with van der Waals surface area (Å²) >= 11 is 0. The van der Waals surface area contributed by atoms with Crippen LogP contribution in [0, 0.1) is 6.92 Å². The molecule has 2 aromatic heterocycles. The van der Waals surface area contributed by atoms with Crippen molar-refractivity contribution >= 4 is 5.91 Å². The molecule has 1 aliphatic heterocycles. The molecule has 1 saturated heterocycles. The van der Waals surface area contributed by atoms with Crippen molar-refractivity contribution in [3.63, 3.8) is 0 Å². The van der Waals surface area contributed by atoms with Crippen LogP contribution in [0.5, 0.6) is 0 Å². The first-order valence-electron chi connectivity index (χ1n) is 11.5. The van der Waals surface area contributed by atoms with Crippen LogP contribution in [0.1, 0.15) is 34.5 Å². The average Bonchev–Trinajstić information content (AvgIpc) is 3.23. The van der Waals surface area contributed by atoms with Crippen LogP contribution in [0.25, 0.3) is 11.4 Å². The standard InChI is InChI=1S/C25H32N6O2/c1-18-14-20(16-29(2)25(18)33)23-28-22(17-31(23)15-19-6-4-3-5-7-19)24(32)27-10-13-30-11-8-21(26)9-12-30/h3-7,14,16-17,21H,8-13,15,26H2,1-2H3,(H,27,32). The van der Waals surface area contributed by atoms with E-state index in [9.17, 15) is 9.59 Å². The van der Waals surface area contributed by atoms with Gasteiger partial charge in [-0.2, -0.15) is 0 Å². The van der Waals surface area contributed by atoms with Gasteiger partial charge in [0.25, 0.3) is 11.5 Å². The summed E-state index contributed by atoms with van der Waals surface area (Å²) in [6, 6.07) is 12.2. The minimum atomic E-state index is -0.196. The lowest BCUT2D eigenvalue weighted by Gasteiger charge is -2.29. The normalized spacial score (nSPS) is 15.0. The lowest BCUT2D eigenvalue weighted by atomic mass is 10.1. The number of hydrogen-bond donors (Lipinski definition) is 2. The van der Waals surface area contributed by atoms with Gasteiger partial charge in [0.05, 0.1) is 0 Å². The van der Waals surface area contributed by atoms with E-state index in [0.717, 1.165) is 43.6 Å². The molecule has 3 aromatic rings. The monoisotopic (exact) mass is 448 g/mol. The van der Waals surface area contributed by atoms with E-state index < -0.39 is 0 Å². The lowest BCUT2D eigenvalue weighted by Crippen LogP contribution is -2.43. The van der Waals surface area contributed by atoms with Gasteiger partial charge in [-0.25, -0.2) is 4.98 Å². The quantitative estimate of drug-likeness (QED) is 0.574. The van der Waals surface area contributed by atoms with Crippen molar-refractivity contribution in [3.05, 3.63) is 76.0 Å². The van der Waals surface area contributed by atoms with Crippen LogP contribution >= 0.6 is 0 Å². The summed E-state index contributed by atoms with van der Waals surface area (Å²) < 4.78 is 3.52. The molecule has 174 valence electrons. The molecule has 0 aliphatic carbocycles. The predicted octanol–water partition coefficient (Wildman–Crippen LogP) is 1.76. The van der Waals surface area contributed by atoms with E-state index >= 15 is 0 Å². The molecular weight excluding hydrogens is 416 g/mol. The van der Waals surface area contributed by atoms with Crippen LogP contribution in [0.2, 0.25) is 0 Å². The molecule has 8 nitrogen and oxygen atoms in total. The second-order valence-electron chi connectivity index (χ2n) is 8.83. The number of carbonyl (C=O) groups excluding carboxylic acids is 1. The fourth-order valence-electron chi connectivity index (χ4n) is 4.25. The van der Waals surface area contributed by atoms with Gasteiger partial charge in [0.2, 0.25) is 0 Å². The van der Waals surface area contributed by atoms with Gasteiger partial charge in [0, 0.05) is 56.2 Å². The van der Waals surface area contributed by atoms with Crippen LogP contribution in [-0.2, 0) is 13.6 Å². The highest BCUT2D eigenvalue weighted by Gasteiger charge is 2.19. The first kappa shape index (κ1) is 22.9. The SMILES string of the molecule is Cc1cc(-c2nc(C(=O)NCCN3CCC(N)CC3)cn2Cc2ccccc2)cn(C)c1=O. The zero-order chi connectivity index (χ0) is 23.4. The van der Waals surface area contributed by atoms with Crippen LogP contribution in [0.4, 0.5) is 0 Å². The Kier molecular flexibility index (Phi) is 7.05. The molecular formula is C25H32N6O2. The zero-order valence-corrected chi connectivity index (χ0v) is 19.3. The summed E-state index contributed by atoms with van der Waals surface area (Å²) in [6.07, 6.45) is 5.56. The Balaban J connectivity index is 1.54. The Morgan fingerprint density at radius 2 is 1.91 bits per heavy atom. The van der Waals surface area contributed by atoms with Crippen molar-refractivity contribution < 1.29 is 4.79 Å². The molecule has 0 bridgehead atoms. The molecule has 3 heterocycles. The fraction of sp³-hybridized carbons (Fsp3) is 0.400. The second-order valence-corrected chi connectivity index (χ2v) is 8.83. The fourth-order valence-corrected chi connectivity index (χ4v) is 4.25. The molecule has 1 aromatic carbocycles. The molecule has 0 spiro atoms. The topological polar surface area (TPSA) is 98.2 Å². The number of pyridine rings is 1. The number of nitrogens with zero attached hydrogens (tertiary/aromatic N) is 4. The minimum Gasteiger partial charge on any atom is -0.349 e. The molecule has 3 N–H and O–H groups in total. The Morgan fingerprint density at radius 3 is 2.61 bits per heavy atom. The Bertz CT molecular complexity index is 1130. The second kappa shape index (κ2) is 10.1. The van der Waals surface area contributed by atoms with Crippen molar-refractivity contribution in [1.29, 1.82) is 0 Å². The number of nitrogens with two attached hydrogens (primary N) is 1. The molecule has 0 unspecified atom stereocenters. The van der Waals surface area contributed by atoms with E-state index in [1.165, 1.54) is 0 Å². The van der Waals surface area contributed by atoms with Crippen LogP contribution in [-0.4, -0.2) is 57.1 Å². The smallest absolute Gasteiger partial charge is 0.271 e. The number of imidazole rings is 1. The van der Waals surface area contributed by atoms with Crippen molar-refractivity contribution in [3.8, 4) is 11.4 Å². The zero-order valence-electron chi connectivity index (χ0n) is 19.3. The molecule has 1 fully saturated rings. The van der Waals surface area contributed by atoms with Gasteiger partial charge >= 0.3 is 0 Å². The molecule has 1 amide bonds. The Labute approximate surface area is 194 Å². The highest BCUT2D eigenvalue weighted by molar-refractivity contribution is 5.92. The van der Waals surface area contributed by atoms with Gasteiger partial charge in [0.1, 0.15) is 11.5 Å². The maximum absolute atomic E-state index is 12.9. The maximum atomic E-state index is 12.9. The van der Waals surface area contributed by atoms with Gasteiger partial charge in [-0.3, -0.25) is 9.59 Å². The van der Waals surface area contributed by atoms with Crippen molar-refractivity contribution in [2.24, 2.45) is 12.8 Å². The number of rotatable bonds is 7. The van der Waals surface area contributed by atoms with Crippen LogP contribution < -0.4 is 16.6 Å². The van der Waals surface area contributed by atoms with Gasteiger partial charge < -0.3 is 25.1 Å². The molecule has 33 heavy (non-hydrogen) atoms. The molecule has 0 saturated carbocycles. The third-order valence-electron chi connectivity index (χ3n) is 6.17. The third-order valence-corrected chi connectivity index (χ3v) is 6.17. The third kappa shape index (κ3) is 5.58. The number of carbonyl (C=O) groups is 1. The Hall–Kier alpha value is -3.23. The molecule has 0 atom stereocenters. The number of nitrogens with one attached hydrogen (secondary N) is 1. The van der Waals surface area contributed by atoms with E-state index in [4.69, 9.17) is 5.73 Å². The summed E-state index contributed by atoms with van der Waals surface area (Å²) in [5.41, 5.74) is 8.83. The summed E-state index contributed by atoms with van der Waals surface area (Å²) in [6.45, 7) is 5.67.